The average Bonchev–Trinajstić information content (AvgIpc) is 3.20. The highest BCUT2D eigenvalue weighted by atomic mass is 16.2. The van der Waals surface area contributed by atoms with Crippen LogP contribution in [0.2, 0.25) is 0 Å². The van der Waals surface area contributed by atoms with Crippen LogP contribution in [-0.2, 0) is 15.1 Å². The number of piperidine rings is 1. The Hall–Kier alpha value is -3.97. The Balaban J connectivity index is 1.29. The molecule has 0 bridgehead atoms. The summed E-state index contributed by atoms with van der Waals surface area (Å²) in [5, 5.41) is 11.9. The van der Waals surface area contributed by atoms with Gasteiger partial charge in [-0.1, -0.05) is 91.0 Å². The van der Waals surface area contributed by atoms with Crippen LogP contribution in [0.4, 0.5) is 0 Å². The van der Waals surface area contributed by atoms with E-state index in [-0.39, 0.29) is 23.7 Å². The molecule has 0 spiro atoms. The van der Waals surface area contributed by atoms with Gasteiger partial charge >= 0.3 is 0 Å². The Morgan fingerprint density at radius 2 is 1.42 bits per heavy atom. The second-order valence-electron chi connectivity index (χ2n) is 9.53. The molecule has 0 radical (unpaired) electrons. The molecule has 2 fully saturated rings. The van der Waals surface area contributed by atoms with E-state index in [0.29, 0.717) is 19.6 Å². The zero-order chi connectivity index (χ0) is 25.1. The fraction of sp³-hybridized carbons (Fsp3) is 0.276. The molecule has 2 aliphatic heterocycles. The number of hydrogen-bond acceptors (Lipinski definition) is 4. The molecule has 3 aromatic rings. The first kappa shape index (κ1) is 23.8. The van der Waals surface area contributed by atoms with E-state index >= 15 is 0 Å². The summed E-state index contributed by atoms with van der Waals surface area (Å²) >= 11 is 0. The molecule has 2 aliphatic rings. The summed E-state index contributed by atoms with van der Waals surface area (Å²) in [5.74, 6) is 0.0840. The standard InChI is InChI=1S/C29H31N5O2/c30-25(22-10-4-1-5-11-22)26(35)33-18-16-21(17-19-33)20-34-27(36)29(32-28(34)31,23-12-6-2-7-13-23)24-14-8-3-9-15-24/h1-15,21,25H,16-20,30H2,(H2,31,32). The van der Waals surface area contributed by atoms with Gasteiger partial charge in [-0.2, -0.15) is 0 Å². The number of nitrogens with one attached hydrogen (secondary N) is 2. The van der Waals surface area contributed by atoms with Gasteiger partial charge in [0.25, 0.3) is 5.91 Å². The Bertz CT molecular complexity index is 1180. The molecule has 3 aromatic carbocycles. The van der Waals surface area contributed by atoms with Crippen LogP contribution in [0.5, 0.6) is 0 Å². The van der Waals surface area contributed by atoms with E-state index in [1.165, 1.54) is 0 Å². The molecule has 0 aromatic heterocycles. The van der Waals surface area contributed by atoms with Crippen molar-refractivity contribution in [3.63, 3.8) is 0 Å². The second kappa shape index (κ2) is 9.95. The van der Waals surface area contributed by atoms with Crippen LogP contribution in [0.3, 0.4) is 0 Å². The number of nitrogens with zero attached hydrogens (tertiary/aromatic N) is 2. The number of hydrogen-bond donors (Lipinski definition) is 3. The maximum absolute atomic E-state index is 14.0. The van der Waals surface area contributed by atoms with E-state index in [4.69, 9.17) is 11.1 Å². The maximum atomic E-state index is 14.0. The van der Waals surface area contributed by atoms with Gasteiger partial charge in [0.05, 0.1) is 0 Å². The van der Waals surface area contributed by atoms with E-state index in [9.17, 15) is 9.59 Å². The van der Waals surface area contributed by atoms with Crippen LogP contribution in [0.15, 0.2) is 91.0 Å². The van der Waals surface area contributed by atoms with Crippen molar-refractivity contribution >= 4 is 17.8 Å². The normalized spacial score (nSPS) is 18.7. The molecule has 36 heavy (non-hydrogen) atoms. The first-order chi connectivity index (χ1) is 17.5. The van der Waals surface area contributed by atoms with E-state index in [1.54, 1.807) is 4.90 Å². The van der Waals surface area contributed by atoms with Crippen molar-refractivity contribution in [3.05, 3.63) is 108 Å². The van der Waals surface area contributed by atoms with Crippen molar-refractivity contribution in [1.29, 1.82) is 5.41 Å². The molecule has 2 heterocycles. The predicted octanol–water partition coefficient (Wildman–Crippen LogP) is 3.24. The van der Waals surface area contributed by atoms with Gasteiger partial charge in [-0.05, 0) is 35.4 Å². The van der Waals surface area contributed by atoms with Gasteiger partial charge in [0, 0.05) is 19.6 Å². The van der Waals surface area contributed by atoms with Crippen molar-refractivity contribution in [2.75, 3.05) is 19.6 Å². The van der Waals surface area contributed by atoms with Gasteiger partial charge in [0.2, 0.25) is 5.91 Å². The van der Waals surface area contributed by atoms with Gasteiger partial charge in [-0.25, -0.2) is 0 Å². The highest BCUT2D eigenvalue weighted by Crippen LogP contribution is 2.36. The van der Waals surface area contributed by atoms with Crippen LogP contribution < -0.4 is 11.1 Å². The number of rotatable bonds is 6. The molecule has 184 valence electrons. The smallest absolute Gasteiger partial charge is 0.264 e. The molecule has 7 heteroatoms. The zero-order valence-corrected chi connectivity index (χ0v) is 20.1. The SMILES string of the molecule is N=C1NC(c2ccccc2)(c2ccccc2)C(=O)N1CC1CCN(C(=O)C(N)c2ccccc2)CC1. The summed E-state index contributed by atoms with van der Waals surface area (Å²) in [5.41, 5.74) is 7.53. The highest BCUT2D eigenvalue weighted by molar-refractivity contribution is 6.10. The minimum atomic E-state index is -1.13. The molecule has 0 saturated carbocycles. The molecular formula is C29H31N5O2. The lowest BCUT2D eigenvalue weighted by molar-refractivity contribution is -0.135. The molecule has 0 aliphatic carbocycles. The first-order valence-electron chi connectivity index (χ1n) is 12.4. The van der Waals surface area contributed by atoms with E-state index in [2.05, 4.69) is 5.32 Å². The summed E-state index contributed by atoms with van der Waals surface area (Å²) in [6.07, 6.45) is 1.52. The zero-order valence-electron chi connectivity index (χ0n) is 20.1. The summed E-state index contributed by atoms with van der Waals surface area (Å²) in [7, 11) is 0. The molecule has 5 rings (SSSR count). The lowest BCUT2D eigenvalue weighted by Gasteiger charge is -2.35. The minimum Gasteiger partial charge on any atom is -0.341 e. The Kier molecular flexibility index (Phi) is 6.57. The lowest BCUT2D eigenvalue weighted by Crippen LogP contribution is -2.47. The number of guanidine groups is 1. The van der Waals surface area contributed by atoms with Crippen LogP contribution in [0.25, 0.3) is 0 Å². The van der Waals surface area contributed by atoms with E-state index in [0.717, 1.165) is 29.5 Å². The number of carbonyl (C=O) groups is 2. The second-order valence-corrected chi connectivity index (χ2v) is 9.53. The van der Waals surface area contributed by atoms with Gasteiger partial charge in [-0.15, -0.1) is 0 Å². The van der Waals surface area contributed by atoms with Crippen molar-refractivity contribution in [1.82, 2.24) is 15.1 Å². The first-order valence-corrected chi connectivity index (χ1v) is 12.4. The molecular weight excluding hydrogens is 450 g/mol. The van der Waals surface area contributed by atoms with Gasteiger partial charge in [0.1, 0.15) is 6.04 Å². The van der Waals surface area contributed by atoms with Crippen molar-refractivity contribution in [2.45, 2.75) is 24.4 Å². The van der Waals surface area contributed by atoms with Crippen LogP contribution in [-0.4, -0.2) is 47.2 Å². The Morgan fingerprint density at radius 1 is 0.917 bits per heavy atom. The fourth-order valence-electron chi connectivity index (χ4n) is 5.30. The monoisotopic (exact) mass is 481 g/mol. The van der Waals surface area contributed by atoms with Crippen LogP contribution in [0, 0.1) is 11.3 Å². The highest BCUT2D eigenvalue weighted by Gasteiger charge is 2.52. The van der Waals surface area contributed by atoms with Crippen molar-refractivity contribution < 1.29 is 9.59 Å². The lowest BCUT2D eigenvalue weighted by atomic mass is 9.82. The molecule has 4 N–H and O–H groups in total. The molecule has 7 nitrogen and oxygen atoms in total. The van der Waals surface area contributed by atoms with Crippen LogP contribution >= 0.6 is 0 Å². The Labute approximate surface area is 211 Å². The van der Waals surface area contributed by atoms with E-state index < -0.39 is 11.6 Å². The number of likely N-dealkylation sites (tertiary alicyclic amines) is 1. The molecule has 2 amide bonds. The number of amides is 2. The quantitative estimate of drug-likeness (QED) is 0.503. The number of benzene rings is 3. The van der Waals surface area contributed by atoms with Gasteiger partial charge in [0.15, 0.2) is 11.5 Å². The summed E-state index contributed by atoms with van der Waals surface area (Å²) in [6.45, 7) is 1.63. The topological polar surface area (TPSA) is 103 Å². The summed E-state index contributed by atoms with van der Waals surface area (Å²) < 4.78 is 0. The van der Waals surface area contributed by atoms with Crippen LogP contribution in [0.1, 0.15) is 35.6 Å². The Morgan fingerprint density at radius 3 is 1.94 bits per heavy atom. The summed E-state index contributed by atoms with van der Waals surface area (Å²) in [4.78, 5) is 30.3. The third-order valence-corrected chi connectivity index (χ3v) is 7.35. The van der Waals surface area contributed by atoms with Gasteiger partial charge < -0.3 is 16.0 Å². The fourth-order valence-corrected chi connectivity index (χ4v) is 5.30. The number of nitrogens with two attached hydrogens (primary N) is 1. The minimum absolute atomic E-state index is 0.0709. The average molecular weight is 482 g/mol. The van der Waals surface area contributed by atoms with Crippen molar-refractivity contribution in [2.24, 2.45) is 11.7 Å². The maximum Gasteiger partial charge on any atom is 0.264 e. The third kappa shape index (κ3) is 4.27. The third-order valence-electron chi connectivity index (χ3n) is 7.35. The predicted molar refractivity (Wildman–Crippen MR) is 139 cm³/mol. The summed E-state index contributed by atoms with van der Waals surface area (Å²) in [6, 6.07) is 27.9. The number of carbonyl (C=O) groups excluding carboxylic acids is 2. The molecule has 1 atom stereocenters. The molecule has 1 unspecified atom stereocenters. The largest absolute Gasteiger partial charge is 0.341 e. The molecule has 2 saturated heterocycles. The van der Waals surface area contributed by atoms with Crippen molar-refractivity contribution in [3.8, 4) is 0 Å². The van der Waals surface area contributed by atoms with Gasteiger partial charge in [-0.3, -0.25) is 19.9 Å². The van der Waals surface area contributed by atoms with E-state index in [1.807, 2.05) is 95.9 Å².